The van der Waals surface area contributed by atoms with Gasteiger partial charge in [0.1, 0.15) is 0 Å². The summed E-state index contributed by atoms with van der Waals surface area (Å²) in [7, 11) is 1.43. The molecular formula is C17H24ClN3O4. The predicted molar refractivity (Wildman–Crippen MR) is 95.2 cm³/mol. The van der Waals surface area contributed by atoms with Crippen LogP contribution in [0.5, 0.6) is 0 Å². The van der Waals surface area contributed by atoms with E-state index in [1.165, 1.54) is 16.9 Å². The molecule has 0 fully saturated rings. The monoisotopic (exact) mass is 369 g/mol. The largest absolute Gasteiger partial charge is 0.350 e. The Bertz CT molecular complexity index is 754. The Morgan fingerprint density at radius 2 is 2.12 bits per heavy atom. The minimum Gasteiger partial charge on any atom is -0.350 e. The molecule has 1 aromatic carbocycles. The van der Waals surface area contributed by atoms with Crippen LogP contribution >= 0.6 is 11.6 Å². The third-order valence-corrected chi connectivity index (χ3v) is 3.65. The Morgan fingerprint density at radius 3 is 2.68 bits per heavy atom. The molecule has 1 unspecified atom stereocenters. The van der Waals surface area contributed by atoms with Gasteiger partial charge in [-0.3, -0.25) is 9.63 Å². The minimum absolute atomic E-state index is 0.143. The summed E-state index contributed by atoms with van der Waals surface area (Å²) in [5.41, 5.74) is 0.0936. The lowest BCUT2D eigenvalue weighted by molar-refractivity contribution is -0.213. The smallest absolute Gasteiger partial charge is 0.298 e. The lowest BCUT2D eigenvalue weighted by atomic mass is 10.2. The maximum atomic E-state index is 12.8. The van der Waals surface area contributed by atoms with Gasteiger partial charge in [0.2, 0.25) is 0 Å². The molecule has 0 bridgehead atoms. The number of rotatable bonds is 6. The van der Waals surface area contributed by atoms with Crippen LogP contribution in [-0.4, -0.2) is 45.1 Å². The third kappa shape index (κ3) is 4.49. The molecule has 0 aliphatic rings. The van der Waals surface area contributed by atoms with Gasteiger partial charge in [0.15, 0.2) is 5.69 Å². The molecule has 0 saturated carbocycles. The number of hydrogen-bond acceptors (Lipinski definition) is 5. The Hall–Kier alpha value is -1.67. The number of hydrogen-bond donors (Lipinski definition) is 1. The van der Waals surface area contributed by atoms with Crippen molar-refractivity contribution in [2.24, 2.45) is 0 Å². The number of aliphatic hydroxyl groups excluding tert-OH is 1. The molecule has 25 heavy (non-hydrogen) atoms. The molecule has 2 aromatic rings. The highest BCUT2D eigenvalue weighted by atomic mass is 35.5. The van der Waals surface area contributed by atoms with Crippen LogP contribution in [0.4, 0.5) is 0 Å². The van der Waals surface area contributed by atoms with E-state index in [1.807, 2.05) is 27.7 Å². The van der Waals surface area contributed by atoms with Crippen LogP contribution in [0.25, 0.3) is 10.9 Å². The number of aromatic nitrogens is 2. The maximum Gasteiger partial charge on any atom is 0.298 e. The van der Waals surface area contributed by atoms with Crippen molar-refractivity contribution in [3.8, 4) is 0 Å². The molecule has 0 spiro atoms. The SMILES string of the molecule is CCCN(OC)C(=O)c1nn(C(O)OC(C)(C)C)c2ccc(Cl)cc12. The number of ether oxygens (including phenoxy) is 1. The summed E-state index contributed by atoms with van der Waals surface area (Å²) in [4.78, 5) is 17.9. The van der Waals surface area contributed by atoms with E-state index in [0.29, 0.717) is 22.5 Å². The molecule has 1 heterocycles. The molecule has 0 aliphatic carbocycles. The van der Waals surface area contributed by atoms with Crippen molar-refractivity contribution in [2.45, 2.75) is 46.1 Å². The van der Waals surface area contributed by atoms with Gasteiger partial charge in [-0.2, -0.15) is 5.10 Å². The molecule has 138 valence electrons. The summed E-state index contributed by atoms with van der Waals surface area (Å²) < 4.78 is 6.82. The van der Waals surface area contributed by atoms with E-state index in [4.69, 9.17) is 21.2 Å². The van der Waals surface area contributed by atoms with Crippen LogP contribution in [0.1, 0.15) is 51.0 Å². The van der Waals surface area contributed by atoms with Gasteiger partial charge in [-0.1, -0.05) is 18.5 Å². The Labute approximate surface area is 152 Å². The van der Waals surface area contributed by atoms with E-state index < -0.39 is 17.9 Å². The van der Waals surface area contributed by atoms with Crippen molar-refractivity contribution in [2.75, 3.05) is 13.7 Å². The number of benzene rings is 1. The zero-order valence-corrected chi connectivity index (χ0v) is 15.9. The van der Waals surface area contributed by atoms with Gasteiger partial charge in [-0.15, -0.1) is 0 Å². The van der Waals surface area contributed by atoms with Crippen LogP contribution in [0, 0.1) is 0 Å². The molecule has 7 nitrogen and oxygen atoms in total. The average Bonchev–Trinajstić information content (AvgIpc) is 2.89. The summed E-state index contributed by atoms with van der Waals surface area (Å²) >= 11 is 6.08. The zero-order valence-electron chi connectivity index (χ0n) is 15.1. The van der Waals surface area contributed by atoms with Gasteiger partial charge in [0.25, 0.3) is 12.3 Å². The fraction of sp³-hybridized carbons (Fsp3) is 0.529. The first-order valence-electron chi connectivity index (χ1n) is 8.07. The second-order valence-electron chi connectivity index (χ2n) is 6.60. The van der Waals surface area contributed by atoms with Gasteiger partial charge in [0, 0.05) is 17.0 Å². The third-order valence-electron chi connectivity index (χ3n) is 3.41. The van der Waals surface area contributed by atoms with Crippen molar-refractivity contribution in [1.82, 2.24) is 14.8 Å². The fourth-order valence-electron chi connectivity index (χ4n) is 2.40. The maximum absolute atomic E-state index is 12.8. The van der Waals surface area contributed by atoms with E-state index in [2.05, 4.69) is 5.10 Å². The van der Waals surface area contributed by atoms with Gasteiger partial charge in [-0.25, -0.2) is 9.75 Å². The van der Waals surface area contributed by atoms with Crippen LogP contribution in [0.3, 0.4) is 0 Å². The summed E-state index contributed by atoms with van der Waals surface area (Å²) in [5.74, 6) is -0.404. The van der Waals surface area contributed by atoms with Gasteiger partial charge >= 0.3 is 0 Å². The molecular weight excluding hydrogens is 346 g/mol. The number of amides is 1. The first-order chi connectivity index (χ1) is 11.7. The fourth-order valence-corrected chi connectivity index (χ4v) is 2.57. The normalized spacial score (nSPS) is 13.2. The number of halogens is 1. The highest BCUT2D eigenvalue weighted by Gasteiger charge is 2.27. The number of nitrogens with zero attached hydrogens (tertiary/aromatic N) is 3. The van der Waals surface area contributed by atoms with Crippen LogP contribution in [-0.2, 0) is 9.57 Å². The topological polar surface area (TPSA) is 76.8 Å². The van der Waals surface area contributed by atoms with E-state index in [1.54, 1.807) is 18.2 Å². The summed E-state index contributed by atoms with van der Waals surface area (Å²) in [5, 5.41) is 16.9. The van der Waals surface area contributed by atoms with Crippen molar-refractivity contribution in [3.05, 3.63) is 28.9 Å². The van der Waals surface area contributed by atoms with Crippen LogP contribution in [0.15, 0.2) is 18.2 Å². The van der Waals surface area contributed by atoms with Gasteiger partial charge in [-0.05, 0) is 45.4 Å². The van der Waals surface area contributed by atoms with Crippen molar-refractivity contribution in [1.29, 1.82) is 0 Å². The number of carbonyl (C=O) groups excluding carboxylic acids is 1. The molecule has 8 heteroatoms. The highest BCUT2D eigenvalue weighted by Crippen LogP contribution is 2.27. The second-order valence-corrected chi connectivity index (χ2v) is 7.04. The van der Waals surface area contributed by atoms with E-state index >= 15 is 0 Å². The molecule has 1 N–H and O–H groups in total. The van der Waals surface area contributed by atoms with E-state index in [0.717, 1.165) is 6.42 Å². The lowest BCUT2D eigenvalue weighted by Gasteiger charge is -2.24. The highest BCUT2D eigenvalue weighted by molar-refractivity contribution is 6.31. The zero-order chi connectivity index (χ0) is 18.8. The summed E-state index contributed by atoms with van der Waals surface area (Å²) in [6.45, 7) is 7.81. The van der Waals surface area contributed by atoms with Crippen molar-refractivity contribution >= 4 is 28.4 Å². The summed E-state index contributed by atoms with van der Waals surface area (Å²) in [6.07, 6.45) is -0.609. The Morgan fingerprint density at radius 1 is 1.44 bits per heavy atom. The standard InChI is InChI=1S/C17H24ClN3O4/c1-6-9-20(24-5)15(22)14-12-10-11(18)7-8-13(12)21(19-14)16(23)25-17(2,3)4/h7-8,10,16,23H,6,9H2,1-5H3. The number of aliphatic hydroxyl groups is 1. The summed E-state index contributed by atoms with van der Waals surface area (Å²) in [6, 6.07) is 4.99. The molecule has 2 rings (SSSR count). The molecule has 1 atom stereocenters. The van der Waals surface area contributed by atoms with Gasteiger partial charge in [0.05, 0.1) is 18.2 Å². The molecule has 1 amide bonds. The Balaban J connectivity index is 2.54. The van der Waals surface area contributed by atoms with Gasteiger partial charge < -0.3 is 9.84 Å². The lowest BCUT2D eigenvalue weighted by Crippen LogP contribution is -2.31. The van der Waals surface area contributed by atoms with Crippen LogP contribution in [0.2, 0.25) is 5.02 Å². The minimum atomic E-state index is -1.34. The predicted octanol–water partition coefficient (Wildman–Crippen LogP) is 3.37. The van der Waals surface area contributed by atoms with Crippen LogP contribution < -0.4 is 0 Å². The molecule has 0 saturated heterocycles. The first-order valence-corrected chi connectivity index (χ1v) is 8.45. The molecule has 0 radical (unpaired) electrons. The quantitative estimate of drug-likeness (QED) is 0.624. The number of fused-ring (bicyclic) bond motifs is 1. The Kier molecular flexibility index (Phi) is 6.05. The van der Waals surface area contributed by atoms with Crippen molar-refractivity contribution in [3.63, 3.8) is 0 Å². The van der Waals surface area contributed by atoms with E-state index in [9.17, 15) is 9.90 Å². The number of hydroxylamine groups is 2. The van der Waals surface area contributed by atoms with E-state index in [-0.39, 0.29) is 5.69 Å². The average molecular weight is 370 g/mol. The first kappa shape index (κ1) is 19.7. The second kappa shape index (κ2) is 7.70. The van der Waals surface area contributed by atoms with Crippen molar-refractivity contribution < 1.29 is 19.5 Å². The molecule has 0 aliphatic heterocycles. The molecule has 1 aromatic heterocycles. The number of carbonyl (C=O) groups is 1.